The molecule has 0 bridgehead atoms. The molecule has 1 aromatic rings. The van der Waals surface area contributed by atoms with Crippen LogP contribution in [0.5, 0.6) is 5.88 Å². The number of ether oxygens (including phenoxy) is 1. The van der Waals surface area contributed by atoms with Gasteiger partial charge in [0, 0.05) is 0 Å². The van der Waals surface area contributed by atoms with Crippen LogP contribution in [-0.4, -0.2) is 16.1 Å². The van der Waals surface area contributed by atoms with Crippen LogP contribution in [0.1, 0.15) is 38.2 Å². The highest BCUT2D eigenvalue weighted by Crippen LogP contribution is 2.29. The van der Waals surface area contributed by atoms with E-state index in [1.54, 1.807) is 0 Å². The average molecular weight is 236 g/mol. The van der Waals surface area contributed by atoms with E-state index in [1.165, 1.54) is 25.6 Å². The second-order valence-corrected chi connectivity index (χ2v) is 4.71. The zero-order valence-electron chi connectivity index (χ0n) is 10.4. The SMILES string of the molecule is Cc1c(NN)ncnc1OC1CCCCC1C. The number of hydrogen-bond acceptors (Lipinski definition) is 5. The van der Waals surface area contributed by atoms with Gasteiger partial charge in [-0.2, -0.15) is 0 Å². The van der Waals surface area contributed by atoms with Crippen molar-refractivity contribution in [1.29, 1.82) is 0 Å². The van der Waals surface area contributed by atoms with Crippen molar-refractivity contribution in [3.8, 4) is 5.88 Å². The lowest BCUT2D eigenvalue weighted by atomic mass is 9.88. The Bertz CT molecular complexity index is 383. The van der Waals surface area contributed by atoms with Crippen molar-refractivity contribution in [1.82, 2.24) is 9.97 Å². The Balaban J connectivity index is 2.12. The Hall–Kier alpha value is -1.36. The van der Waals surface area contributed by atoms with Gasteiger partial charge in [0.1, 0.15) is 18.2 Å². The number of nitrogen functional groups attached to an aromatic ring is 1. The summed E-state index contributed by atoms with van der Waals surface area (Å²) in [6, 6.07) is 0. The Labute approximate surface area is 102 Å². The van der Waals surface area contributed by atoms with E-state index < -0.39 is 0 Å². The first-order valence-corrected chi connectivity index (χ1v) is 6.17. The van der Waals surface area contributed by atoms with E-state index in [0.717, 1.165) is 12.0 Å². The van der Waals surface area contributed by atoms with Gasteiger partial charge in [-0.25, -0.2) is 15.8 Å². The molecule has 0 spiro atoms. The minimum absolute atomic E-state index is 0.267. The molecule has 2 rings (SSSR count). The molecule has 94 valence electrons. The summed E-state index contributed by atoms with van der Waals surface area (Å²) in [4.78, 5) is 8.23. The van der Waals surface area contributed by atoms with Gasteiger partial charge >= 0.3 is 0 Å². The van der Waals surface area contributed by atoms with Crippen LogP contribution in [0.2, 0.25) is 0 Å². The van der Waals surface area contributed by atoms with Crippen molar-refractivity contribution < 1.29 is 4.74 Å². The first kappa shape index (κ1) is 12.1. The summed E-state index contributed by atoms with van der Waals surface area (Å²) >= 11 is 0. The Morgan fingerprint density at radius 2 is 2.12 bits per heavy atom. The average Bonchev–Trinajstić information content (AvgIpc) is 2.34. The second kappa shape index (κ2) is 5.31. The highest BCUT2D eigenvalue weighted by molar-refractivity contribution is 5.46. The van der Waals surface area contributed by atoms with E-state index >= 15 is 0 Å². The second-order valence-electron chi connectivity index (χ2n) is 4.71. The molecule has 1 heterocycles. The summed E-state index contributed by atoms with van der Waals surface area (Å²) in [5.74, 6) is 7.24. The van der Waals surface area contributed by atoms with E-state index in [4.69, 9.17) is 10.6 Å². The van der Waals surface area contributed by atoms with Gasteiger partial charge in [-0.05, 0) is 32.1 Å². The zero-order valence-corrected chi connectivity index (χ0v) is 10.4. The molecule has 5 nitrogen and oxygen atoms in total. The van der Waals surface area contributed by atoms with Crippen molar-refractivity contribution in [3.63, 3.8) is 0 Å². The molecule has 5 heteroatoms. The van der Waals surface area contributed by atoms with Crippen LogP contribution < -0.4 is 16.0 Å². The van der Waals surface area contributed by atoms with Crippen LogP contribution in [0.3, 0.4) is 0 Å². The number of nitrogens with one attached hydrogen (secondary N) is 1. The Kier molecular flexibility index (Phi) is 3.78. The van der Waals surface area contributed by atoms with Gasteiger partial charge in [0.05, 0.1) is 5.56 Å². The number of rotatable bonds is 3. The maximum atomic E-state index is 5.99. The van der Waals surface area contributed by atoms with E-state index in [-0.39, 0.29) is 6.10 Å². The number of nitrogens with zero attached hydrogens (tertiary/aromatic N) is 2. The molecular weight excluding hydrogens is 216 g/mol. The Morgan fingerprint density at radius 3 is 2.82 bits per heavy atom. The third kappa shape index (κ3) is 2.66. The molecule has 0 saturated heterocycles. The topological polar surface area (TPSA) is 73.1 Å². The molecule has 2 atom stereocenters. The molecular formula is C12H20N4O. The minimum Gasteiger partial charge on any atom is -0.474 e. The zero-order chi connectivity index (χ0) is 12.3. The molecule has 1 aliphatic rings. The lowest BCUT2D eigenvalue weighted by molar-refractivity contribution is 0.0967. The van der Waals surface area contributed by atoms with Gasteiger partial charge in [0.15, 0.2) is 0 Å². The fraction of sp³-hybridized carbons (Fsp3) is 0.667. The van der Waals surface area contributed by atoms with Crippen molar-refractivity contribution in [2.75, 3.05) is 5.43 Å². The largest absolute Gasteiger partial charge is 0.474 e. The van der Waals surface area contributed by atoms with Gasteiger partial charge in [-0.1, -0.05) is 13.3 Å². The van der Waals surface area contributed by atoms with E-state index in [0.29, 0.717) is 17.6 Å². The molecule has 1 aromatic heterocycles. The van der Waals surface area contributed by atoms with Gasteiger partial charge in [-0.3, -0.25) is 0 Å². The highest BCUT2D eigenvalue weighted by Gasteiger charge is 2.24. The molecule has 3 N–H and O–H groups in total. The molecule has 2 unspecified atom stereocenters. The van der Waals surface area contributed by atoms with Crippen LogP contribution in [0, 0.1) is 12.8 Å². The smallest absolute Gasteiger partial charge is 0.221 e. The van der Waals surface area contributed by atoms with E-state index in [9.17, 15) is 0 Å². The molecule has 0 amide bonds. The molecule has 1 saturated carbocycles. The van der Waals surface area contributed by atoms with Crippen molar-refractivity contribution in [2.45, 2.75) is 45.6 Å². The van der Waals surface area contributed by atoms with Gasteiger partial charge in [-0.15, -0.1) is 0 Å². The fourth-order valence-corrected chi connectivity index (χ4v) is 2.30. The molecule has 1 aliphatic carbocycles. The summed E-state index contributed by atoms with van der Waals surface area (Å²) in [7, 11) is 0. The third-order valence-corrected chi connectivity index (χ3v) is 3.47. The normalized spacial score (nSPS) is 24.4. The molecule has 17 heavy (non-hydrogen) atoms. The van der Waals surface area contributed by atoms with Gasteiger partial charge < -0.3 is 10.2 Å². The monoisotopic (exact) mass is 236 g/mol. The number of nitrogens with two attached hydrogens (primary N) is 1. The maximum absolute atomic E-state index is 5.99. The van der Waals surface area contributed by atoms with Crippen LogP contribution in [0.15, 0.2) is 6.33 Å². The number of aromatic nitrogens is 2. The predicted octanol–water partition coefficient (Wildman–Crippen LogP) is 2.03. The first-order chi connectivity index (χ1) is 8.22. The summed E-state index contributed by atoms with van der Waals surface area (Å²) in [6.45, 7) is 4.15. The predicted molar refractivity (Wildman–Crippen MR) is 66.6 cm³/mol. The summed E-state index contributed by atoms with van der Waals surface area (Å²) in [5, 5.41) is 0. The van der Waals surface area contributed by atoms with Crippen LogP contribution in [-0.2, 0) is 0 Å². The number of hydrogen-bond donors (Lipinski definition) is 2. The first-order valence-electron chi connectivity index (χ1n) is 6.17. The van der Waals surface area contributed by atoms with Crippen LogP contribution in [0.25, 0.3) is 0 Å². The lowest BCUT2D eigenvalue weighted by Gasteiger charge is -2.29. The van der Waals surface area contributed by atoms with Gasteiger partial charge in [0.25, 0.3) is 0 Å². The molecule has 0 aliphatic heterocycles. The van der Waals surface area contributed by atoms with Crippen molar-refractivity contribution in [3.05, 3.63) is 11.9 Å². The Morgan fingerprint density at radius 1 is 1.35 bits per heavy atom. The maximum Gasteiger partial charge on any atom is 0.221 e. The fourth-order valence-electron chi connectivity index (χ4n) is 2.30. The highest BCUT2D eigenvalue weighted by atomic mass is 16.5. The minimum atomic E-state index is 0.267. The van der Waals surface area contributed by atoms with E-state index in [1.807, 2.05) is 6.92 Å². The summed E-state index contributed by atoms with van der Waals surface area (Å²) in [5.41, 5.74) is 3.42. The van der Waals surface area contributed by atoms with Gasteiger partial charge in [0.2, 0.25) is 5.88 Å². The molecule has 0 radical (unpaired) electrons. The number of anilines is 1. The third-order valence-electron chi connectivity index (χ3n) is 3.47. The molecule has 0 aromatic carbocycles. The summed E-state index contributed by atoms with van der Waals surface area (Å²) < 4.78 is 5.99. The van der Waals surface area contributed by atoms with E-state index in [2.05, 4.69) is 22.3 Å². The number of hydrazine groups is 1. The standard InChI is InChI=1S/C12H20N4O/c1-8-5-3-4-6-10(8)17-12-9(2)11(16-13)14-7-15-12/h7-8,10H,3-6,13H2,1-2H3,(H,14,15,16). The van der Waals surface area contributed by atoms with Crippen molar-refractivity contribution >= 4 is 5.82 Å². The van der Waals surface area contributed by atoms with Crippen molar-refractivity contribution in [2.24, 2.45) is 11.8 Å². The van der Waals surface area contributed by atoms with Crippen LogP contribution >= 0.6 is 0 Å². The molecule has 1 fully saturated rings. The van der Waals surface area contributed by atoms with Crippen LogP contribution in [0.4, 0.5) is 5.82 Å². The summed E-state index contributed by atoms with van der Waals surface area (Å²) in [6.07, 6.45) is 6.63. The lowest BCUT2D eigenvalue weighted by Crippen LogP contribution is -2.29. The quantitative estimate of drug-likeness (QED) is 0.620.